The van der Waals surface area contributed by atoms with E-state index in [0.29, 0.717) is 0 Å². The van der Waals surface area contributed by atoms with Crippen LogP contribution < -0.4 is 0 Å². The van der Waals surface area contributed by atoms with Crippen LogP contribution in [0, 0.1) is 23.7 Å². The highest BCUT2D eigenvalue weighted by Crippen LogP contribution is 2.50. The van der Waals surface area contributed by atoms with Crippen molar-refractivity contribution in [2.45, 2.75) is 86.0 Å². The number of amides is 2. The molecule has 0 aromatic rings. The van der Waals surface area contributed by atoms with Crippen molar-refractivity contribution < 1.29 is 9.59 Å². The molecular formula is C21H36N2O2. The minimum atomic E-state index is -0.202. The Labute approximate surface area is 153 Å². The summed E-state index contributed by atoms with van der Waals surface area (Å²) in [5.41, 5.74) is 0. The van der Waals surface area contributed by atoms with E-state index in [0.717, 1.165) is 6.42 Å². The van der Waals surface area contributed by atoms with Crippen LogP contribution in [-0.2, 0) is 9.59 Å². The summed E-state index contributed by atoms with van der Waals surface area (Å²) in [6, 6.07) is 0.602. The summed E-state index contributed by atoms with van der Waals surface area (Å²) in [4.78, 5) is 30.8. The maximum absolute atomic E-state index is 13.4. The van der Waals surface area contributed by atoms with E-state index in [2.05, 4.69) is 67.5 Å². The minimum Gasteiger partial charge on any atom is -0.338 e. The molecule has 0 spiro atoms. The van der Waals surface area contributed by atoms with E-state index in [1.54, 1.807) is 0 Å². The second-order valence-corrected chi connectivity index (χ2v) is 8.87. The van der Waals surface area contributed by atoms with Crippen molar-refractivity contribution in [2.24, 2.45) is 23.7 Å². The predicted molar refractivity (Wildman–Crippen MR) is 102 cm³/mol. The van der Waals surface area contributed by atoms with Gasteiger partial charge in [0.2, 0.25) is 11.8 Å². The van der Waals surface area contributed by atoms with Crippen LogP contribution in [-0.4, -0.2) is 45.8 Å². The molecule has 2 rings (SSSR count). The molecule has 142 valence electrons. The second-order valence-electron chi connectivity index (χ2n) is 8.87. The number of hydrogen-bond donors (Lipinski definition) is 0. The fourth-order valence-electron chi connectivity index (χ4n) is 5.05. The van der Waals surface area contributed by atoms with Gasteiger partial charge >= 0.3 is 0 Å². The van der Waals surface area contributed by atoms with Crippen molar-refractivity contribution in [2.75, 3.05) is 0 Å². The molecule has 0 radical (unpaired) electrons. The van der Waals surface area contributed by atoms with Gasteiger partial charge in [-0.1, -0.05) is 12.2 Å². The molecule has 25 heavy (non-hydrogen) atoms. The molecule has 4 heteroatoms. The third kappa shape index (κ3) is 3.63. The van der Waals surface area contributed by atoms with Crippen molar-refractivity contribution in [3.63, 3.8) is 0 Å². The van der Waals surface area contributed by atoms with Crippen LogP contribution in [0.1, 0.15) is 61.8 Å². The lowest BCUT2D eigenvalue weighted by atomic mass is 9.80. The standard InChI is InChI=1S/C21H36N2O2/c1-12(2)22(13(3)4)20(24)18-16-9-10-17(11-16)19(18)21(25)23(14(5)6)15(7)8/h9-10,12-19H,11H2,1-8H3/t16-,17-,18-,19-/m0/s1. The first-order valence-electron chi connectivity index (χ1n) is 9.90. The summed E-state index contributed by atoms with van der Waals surface area (Å²) in [7, 11) is 0. The van der Waals surface area contributed by atoms with Crippen LogP contribution in [0.3, 0.4) is 0 Å². The average molecular weight is 349 g/mol. The van der Waals surface area contributed by atoms with Crippen molar-refractivity contribution in [1.82, 2.24) is 9.80 Å². The smallest absolute Gasteiger partial charge is 0.227 e. The Morgan fingerprint density at radius 3 is 1.20 bits per heavy atom. The molecule has 1 fully saturated rings. The SMILES string of the molecule is CC(C)N(C(=O)[C@@H]1[C@@H](C(=O)N(C(C)C)C(C)C)[C@H]2C=C[C@H]1C2)C(C)C. The lowest BCUT2D eigenvalue weighted by Crippen LogP contribution is -2.53. The molecule has 2 amide bonds. The van der Waals surface area contributed by atoms with Crippen LogP contribution in [0.2, 0.25) is 0 Å². The Morgan fingerprint density at radius 1 is 0.680 bits per heavy atom. The fraction of sp³-hybridized carbons (Fsp3) is 0.810. The number of carbonyl (C=O) groups is 2. The van der Waals surface area contributed by atoms with Gasteiger partial charge < -0.3 is 9.80 Å². The molecule has 2 aliphatic rings. The number of hydrogen-bond acceptors (Lipinski definition) is 2. The molecule has 2 aliphatic carbocycles. The largest absolute Gasteiger partial charge is 0.338 e. The van der Waals surface area contributed by atoms with Gasteiger partial charge in [-0.05, 0) is 73.6 Å². The molecule has 0 saturated heterocycles. The summed E-state index contributed by atoms with van der Waals surface area (Å²) in [6.45, 7) is 16.5. The van der Waals surface area contributed by atoms with Gasteiger partial charge in [0.1, 0.15) is 0 Å². The Balaban J connectivity index is 2.35. The van der Waals surface area contributed by atoms with Crippen LogP contribution in [0.4, 0.5) is 0 Å². The van der Waals surface area contributed by atoms with Crippen LogP contribution in [0.5, 0.6) is 0 Å². The van der Waals surface area contributed by atoms with Gasteiger partial charge in [-0.2, -0.15) is 0 Å². The normalized spacial score (nSPS) is 27.8. The first-order chi connectivity index (χ1) is 11.6. The Kier molecular flexibility index (Phi) is 6.01. The molecule has 1 saturated carbocycles. The first kappa shape index (κ1) is 20.0. The molecule has 4 nitrogen and oxygen atoms in total. The van der Waals surface area contributed by atoms with Crippen LogP contribution in [0.25, 0.3) is 0 Å². The van der Waals surface area contributed by atoms with E-state index in [-0.39, 0.29) is 59.7 Å². The quantitative estimate of drug-likeness (QED) is 0.687. The number of nitrogens with zero attached hydrogens (tertiary/aromatic N) is 2. The molecule has 0 aliphatic heterocycles. The molecule has 0 heterocycles. The average Bonchev–Trinajstić information content (AvgIpc) is 3.05. The molecular weight excluding hydrogens is 312 g/mol. The third-order valence-electron chi connectivity index (χ3n) is 5.76. The molecule has 0 aromatic heterocycles. The second kappa shape index (κ2) is 7.51. The Hall–Kier alpha value is -1.32. The zero-order valence-corrected chi connectivity index (χ0v) is 17.2. The number of carbonyl (C=O) groups excluding carboxylic acids is 2. The van der Waals surface area contributed by atoms with Crippen LogP contribution in [0.15, 0.2) is 12.2 Å². The zero-order valence-electron chi connectivity index (χ0n) is 17.2. The van der Waals surface area contributed by atoms with Gasteiger partial charge in [-0.3, -0.25) is 9.59 Å². The topological polar surface area (TPSA) is 40.6 Å². The maximum Gasteiger partial charge on any atom is 0.227 e. The van der Waals surface area contributed by atoms with Gasteiger partial charge in [0, 0.05) is 24.2 Å². The predicted octanol–water partition coefficient (Wildman–Crippen LogP) is 3.72. The number of fused-ring (bicyclic) bond motifs is 2. The number of allylic oxidation sites excluding steroid dienone is 2. The molecule has 4 atom stereocenters. The summed E-state index contributed by atoms with van der Waals surface area (Å²) in [5, 5.41) is 0. The number of rotatable bonds is 6. The van der Waals surface area contributed by atoms with E-state index >= 15 is 0 Å². The van der Waals surface area contributed by atoms with Crippen molar-refractivity contribution in [1.29, 1.82) is 0 Å². The fourth-order valence-corrected chi connectivity index (χ4v) is 5.05. The highest BCUT2D eigenvalue weighted by molar-refractivity contribution is 5.90. The lowest BCUT2D eigenvalue weighted by molar-refractivity contribution is -0.151. The first-order valence-corrected chi connectivity index (χ1v) is 9.90. The van der Waals surface area contributed by atoms with Gasteiger partial charge in [-0.25, -0.2) is 0 Å². The van der Waals surface area contributed by atoms with E-state index in [1.807, 2.05) is 9.80 Å². The van der Waals surface area contributed by atoms with E-state index < -0.39 is 0 Å². The van der Waals surface area contributed by atoms with Gasteiger partial charge in [-0.15, -0.1) is 0 Å². The minimum absolute atomic E-state index is 0.151. The van der Waals surface area contributed by atoms with Crippen molar-refractivity contribution in [3.05, 3.63) is 12.2 Å². The third-order valence-corrected chi connectivity index (χ3v) is 5.76. The molecule has 2 bridgehead atoms. The highest BCUT2D eigenvalue weighted by atomic mass is 16.2. The van der Waals surface area contributed by atoms with E-state index in [9.17, 15) is 9.59 Å². The van der Waals surface area contributed by atoms with Crippen molar-refractivity contribution in [3.8, 4) is 0 Å². The Morgan fingerprint density at radius 2 is 0.960 bits per heavy atom. The summed E-state index contributed by atoms with van der Waals surface area (Å²) >= 11 is 0. The highest BCUT2D eigenvalue weighted by Gasteiger charge is 2.54. The van der Waals surface area contributed by atoms with Gasteiger partial charge in [0.05, 0.1) is 11.8 Å². The summed E-state index contributed by atoms with van der Waals surface area (Å²) < 4.78 is 0. The maximum atomic E-state index is 13.4. The summed E-state index contributed by atoms with van der Waals surface area (Å²) in [5.74, 6) is 0.347. The zero-order chi connectivity index (χ0) is 19.0. The molecule has 0 N–H and O–H groups in total. The van der Waals surface area contributed by atoms with E-state index in [4.69, 9.17) is 0 Å². The van der Waals surface area contributed by atoms with Crippen LogP contribution >= 0.6 is 0 Å². The van der Waals surface area contributed by atoms with Crippen molar-refractivity contribution >= 4 is 11.8 Å². The summed E-state index contributed by atoms with van der Waals surface area (Å²) in [6.07, 6.45) is 5.29. The molecule has 0 unspecified atom stereocenters. The Bertz CT molecular complexity index is 474. The van der Waals surface area contributed by atoms with Gasteiger partial charge in [0.15, 0.2) is 0 Å². The lowest BCUT2D eigenvalue weighted by Gasteiger charge is -2.40. The monoisotopic (exact) mass is 348 g/mol. The molecule has 0 aromatic carbocycles. The van der Waals surface area contributed by atoms with Gasteiger partial charge in [0.25, 0.3) is 0 Å². The van der Waals surface area contributed by atoms with E-state index in [1.165, 1.54) is 0 Å².